The predicted molar refractivity (Wildman–Crippen MR) is 62.5 cm³/mol. The molecule has 102 valence electrons. The van der Waals surface area contributed by atoms with Crippen LogP contribution in [0.5, 0.6) is 5.75 Å². The van der Waals surface area contributed by atoms with Crippen LogP contribution in [-0.4, -0.2) is 11.7 Å². The van der Waals surface area contributed by atoms with E-state index in [-0.39, 0.29) is 5.56 Å². The number of alkyl halides is 3. The van der Waals surface area contributed by atoms with Gasteiger partial charge in [0, 0.05) is 5.56 Å². The Labute approximate surface area is 104 Å². The first-order valence-corrected chi connectivity index (χ1v) is 5.92. The topological polar surface area (TPSA) is 29.5 Å². The second-order valence-corrected chi connectivity index (χ2v) is 4.02. The molecule has 0 heterocycles. The van der Waals surface area contributed by atoms with E-state index in [2.05, 4.69) is 0 Å². The van der Waals surface area contributed by atoms with Crippen molar-refractivity contribution in [1.29, 1.82) is 0 Å². The summed E-state index contributed by atoms with van der Waals surface area (Å²) >= 11 is 0. The summed E-state index contributed by atoms with van der Waals surface area (Å²) in [5.41, 5.74) is -0.574. The molecule has 18 heavy (non-hydrogen) atoms. The van der Waals surface area contributed by atoms with Crippen LogP contribution in [0.15, 0.2) is 18.2 Å². The number of benzene rings is 1. The summed E-state index contributed by atoms with van der Waals surface area (Å²) in [6.45, 7) is 4.02. The van der Waals surface area contributed by atoms with Crippen molar-refractivity contribution in [3.63, 3.8) is 0 Å². The van der Waals surface area contributed by atoms with Crippen molar-refractivity contribution < 1.29 is 23.0 Å². The van der Waals surface area contributed by atoms with E-state index in [1.54, 1.807) is 6.92 Å². The van der Waals surface area contributed by atoms with Gasteiger partial charge >= 0.3 is 6.18 Å². The van der Waals surface area contributed by atoms with Gasteiger partial charge in [-0.05, 0) is 31.0 Å². The second-order valence-electron chi connectivity index (χ2n) is 4.02. The Hall–Kier alpha value is -1.23. The zero-order valence-corrected chi connectivity index (χ0v) is 10.4. The van der Waals surface area contributed by atoms with Crippen LogP contribution >= 0.6 is 0 Å². The summed E-state index contributed by atoms with van der Waals surface area (Å²) in [7, 11) is 0. The molecule has 2 nitrogen and oxygen atoms in total. The molecular weight excluding hydrogens is 245 g/mol. The molecule has 0 aliphatic rings. The summed E-state index contributed by atoms with van der Waals surface area (Å²) in [4.78, 5) is 0. The fourth-order valence-electron chi connectivity index (χ4n) is 1.55. The Balaban J connectivity index is 3.12. The van der Waals surface area contributed by atoms with Crippen molar-refractivity contribution in [1.82, 2.24) is 0 Å². The third kappa shape index (κ3) is 3.63. The summed E-state index contributed by atoms with van der Waals surface area (Å²) < 4.78 is 43.1. The highest BCUT2D eigenvalue weighted by molar-refractivity contribution is 5.39. The number of aliphatic hydroxyl groups is 1. The first-order valence-electron chi connectivity index (χ1n) is 5.92. The Morgan fingerprint density at radius 1 is 1.28 bits per heavy atom. The van der Waals surface area contributed by atoms with Gasteiger partial charge in [-0.1, -0.05) is 13.8 Å². The Morgan fingerprint density at radius 2 is 1.94 bits per heavy atom. The first-order chi connectivity index (χ1) is 8.40. The van der Waals surface area contributed by atoms with Crippen LogP contribution in [0.25, 0.3) is 0 Å². The van der Waals surface area contributed by atoms with Crippen LogP contribution in [0.4, 0.5) is 13.2 Å². The molecule has 0 saturated heterocycles. The van der Waals surface area contributed by atoms with Crippen molar-refractivity contribution in [3.05, 3.63) is 29.3 Å². The predicted octanol–water partition coefficient (Wildman–Crippen LogP) is 3.94. The largest absolute Gasteiger partial charge is 0.493 e. The third-order valence-corrected chi connectivity index (χ3v) is 2.54. The van der Waals surface area contributed by atoms with Gasteiger partial charge in [0.1, 0.15) is 5.75 Å². The van der Waals surface area contributed by atoms with Crippen LogP contribution < -0.4 is 4.74 Å². The Kier molecular flexibility index (Phi) is 5.02. The van der Waals surface area contributed by atoms with Crippen molar-refractivity contribution in [2.45, 2.75) is 39.0 Å². The SMILES string of the molecule is CCCOc1ccc(C(F)(F)F)cc1C(O)CC. The maximum atomic E-state index is 12.6. The standard InChI is InChI=1S/C13H17F3O2/c1-3-7-18-12-6-5-9(13(14,15)16)8-10(12)11(17)4-2/h5-6,8,11,17H,3-4,7H2,1-2H3. The molecule has 5 heteroatoms. The number of ether oxygens (including phenoxy) is 1. The van der Waals surface area contributed by atoms with Gasteiger partial charge < -0.3 is 9.84 Å². The molecular formula is C13H17F3O2. The van der Waals surface area contributed by atoms with Gasteiger partial charge in [0.15, 0.2) is 0 Å². The van der Waals surface area contributed by atoms with Crippen LogP contribution in [0.1, 0.15) is 43.9 Å². The quantitative estimate of drug-likeness (QED) is 0.871. The molecule has 0 aliphatic carbocycles. The smallest absolute Gasteiger partial charge is 0.416 e. The lowest BCUT2D eigenvalue weighted by atomic mass is 10.0. The van der Waals surface area contributed by atoms with E-state index in [1.807, 2.05) is 6.92 Å². The molecule has 1 aromatic rings. The number of halogens is 3. The van der Waals surface area contributed by atoms with Gasteiger partial charge in [0.25, 0.3) is 0 Å². The van der Waals surface area contributed by atoms with Crippen molar-refractivity contribution >= 4 is 0 Å². The molecule has 0 bridgehead atoms. The minimum Gasteiger partial charge on any atom is -0.493 e. The molecule has 0 spiro atoms. The molecule has 0 aromatic heterocycles. The van der Waals surface area contributed by atoms with Crippen LogP contribution in [0.3, 0.4) is 0 Å². The number of rotatable bonds is 5. The lowest BCUT2D eigenvalue weighted by Crippen LogP contribution is -2.09. The van der Waals surface area contributed by atoms with Crippen LogP contribution in [0, 0.1) is 0 Å². The second kappa shape index (κ2) is 6.09. The van der Waals surface area contributed by atoms with Gasteiger partial charge in [-0.25, -0.2) is 0 Å². The summed E-state index contributed by atoms with van der Waals surface area (Å²) in [5.74, 6) is 0.319. The zero-order chi connectivity index (χ0) is 13.8. The van der Waals surface area contributed by atoms with E-state index < -0.39 is 17.8 Å². The van der Waals surface area contributed by atoms with Gasteiger partial charge in [-0.15, -0.1) is 0 Å². The lowest BCUT2D eigenvalue weighted by molar-refractivity contribution is -0.137. The summed E-state index contributed by atoms with van der Waals surface area (Å²) in [5, 5.41) is 9.75. The van der Waals surface area contributed by atoms with Gasteiger partial charge in [0.2, 0.25) is 0 Å². The summed E-state index contributed by atoms with van der Waals surface area (Å²) in [6, 6.07) is 3.20. The molecule has 0 fully saturated rings. The average Bonchev–Trinajstić information content (AvgIpc) is 2.34. The van der Waals surface area contributed by atoms with Gasteiger partial charge in [-0.3, -0.25) is 0 Å². The molecule has 0 amide bonds. The monoisotopic (exact) mass is 262 g/mol. The number of aliphatic hydroxyl groups excluding tert-OH is 1. The van der Waals surface area contributed by atoms with Crippen molar-refractivity contribution in [2.75, 3.05) is 6.61 Å². The average molecular weight is 262 g/mol. The maximum absolute atomic E-state index is 12.6. The molecule has 0 saturated carbocycles. The maximum Gasteiger partial charge on any atom is 0.416 e. The normalized spacial score (nSPS) is 13.4. The van der Waals surface area contributed by atoms with E-state index >= 15 is 0 Å². The number of hydrogen-bond acceptors (Lipinski definition) is 2. The lowest BCUT2D eigenvalue weighted by Gasteiger charge is -2.17. The van der Waals surface area contributed by atoms with E-state index in [1.165, 1.54) is 6.07 Å². The summed E-state index contributed by atoms with van der Waals surface area (Å²) in [6.07, 6.45) is -4.27. The first kappa shape index (κ1) is 14.8. The van der Waals surface area contributed by atoms with Crippen LogP contribution in [-0.2, 0) is 6.18 Å². The fourth-order valence-corrected chi connectivity index (χ4v) is 1.55. The molecule has 1 aromatic carbocycles. The molecule has 0 radical (unpaired) electrons. The van der Waals surface area contributed by atoms with E-state index in [0.29, 0.717) is 18.8 Å². The zero-order valence-electron chi connectivity index (χ0n) is 10.4. The van der Waals surface area contributed by atoms with Gasteiger partial charge in [-0.2, -0.15) is 13.2 Å². The van der Waals surface area contributed by atoms with Crippen LogP contribution in [0.2, 0.25) is 0 Å². The molecule has 1 rings (SSSR count). The van der Waals surface area contributed by atoms with Gasteiger partial charge in [0.05, 0.1) is 18.3 Å². The highest BCUT2D eigenvalue weighted by atomic mass is 19.4. The Bertz CT molecular complexity index is 388. The molecule has 1 unspecified atom stereocenters. The minimum absolute atomic E-state index is 0.195. The molecule has 1 N–H and O–H groups in total. The van der Waals surface area contributed by atoms with Crippen molar-refractivity contribution in [2.24, 2.45) is 0 Å². The highest BCUT2D eigenvalue weighted by Crippen LogP contribution is 2.35. The highest BCUT2D eigenvalue weighted by Gasteiger charge is 2.31. The number of hydrogen-bond donors (Lipinski definition) is 1. The molecule has 1 atom stereocenters. The van der Waals surface area contributed by atoms with E-state index in [0.717, 1.165) is 18.6 Å². The van der Waals surface area contributed by atoms with E-state index in [9.17, 15) is 18.3 Å². The van der Waals surface area contributed by atoms with E-state index in [4.69, 9.17) is 4.74 Å². The Morgan fingerprint density at radius 3 is 2.44 bits per heavy atom. The van der Waals surface area contributed by atoms with Crippen molar-refractivity contribution in [3.8, 4) is 5.75 Å². The fraction of sp³-hybridized carbons (Fsp3) is 0.538. The third-order valence-electron chi connectivity index (χ3n) is 2.54. The minimum atomic E-state index is -4.41. The molecule has 0 aliphatic heterocycles.